The Morgan fingerprint density at radius 2 is 1.77 bits per heavy atom. The van der Waals surface area contributed by atoms with Gasteiger partial charge >= 0.3 is 5.97 Å². The summed E-state index contributed by atoms with van der Waals surface area (Å²) in [5, 5.41) is 12.3. The van der Waals surface area contributed by atoms with Crippen LogP contribution in [0.2, 0.25) is 0 Å². The number of nitriles is 1. The molecule has 1 aliphatic heterocycles. The molecule has 1 N–H and O–H groups in total. The summed E-state index contributed by atoms with van der Waals surface area (Å²) < 4.78 is 55.2. The maximum Gasteiger partial charge on any atom is 0.331 e. The molecule has 0 radical (unpaired) electrons. The number of benzene rings is 3. The monoisotopic (exact) mass is 639 g/mol. The van der Waals surface area contributed by atoms with E-state index in [-0.39, 0.29) is 36.0 Å². The predicted molar refractivity (Wildman–Crippen MR) is 169 cm³/mol. The van der Waals surface area contributed by atoms with Gasteiger partial charge in [0, 0.05) is 25.2 Å². The molecule has 0 amide bonds. The molecule has 3 aromatic carbocycles. The van der Waals surface area contributed by atoms with Gasteiger partial charge in [0.25, 0.3) is 11.8 Å². The van der Waals surface area contributed by atoms with Crippen molar-refractivity contribution in [3.8, 4) is 35.1 Å². The molecular weight excluding hydrogens is 608 g/mol. The Kier molecular flexibility index (Phi) is 8.88. The van der Waals surface area contributed by atoms with Crippen LogP contribution in [0.25, 0.3) is 0 Å². The van der Waals surface area contributed by atoms with E-state index in [1.165, 1.54) is 18.2 Å². The second-order valence-electron chi connectivity index (χ2n) is 11.1. The maximum atomic E-state index is 16.2. The standard InChI is InChI=1S/C35H31F2N5O5/c1-3-44-34(43)35(14-15-35)41-30-28(36)32(46-25-11-7-10-24(19-25)31-39-16-17-42(31)2)40-33(29(30)37)47-27-18-23(20-38)12-13-26(27)45-21-22-8-5-4-6-9-22/h4-13,18-19H,3,14-17,21H2,1-2H3,(H,40,41). The van der Waals surface area contributed by atoms with Gasteiger partial charge in [-0.1, -0.05) is 42.5 Å². The molecule has 1 aliphatic carbocycles. The number of hydrogen-bond acceptors (Lipinski definition) is 10. The Morgan fingerprint density at radius 1 is 1.00 bits per heavy atom. The molecule has 47 heavy (non-hydrogen) atoms. The highest BCUT2D eigenvalue weighted by molar-refractivity contribution is 5.99. The van der Waals surface area contributed by atoms with E-state index in [1.54, 1.807) is 25.1 Å². The first-order valence-electron chi connectivity index (χ1n) is 15.1. The van der Waals surface area contributed by atoms with Gasteiger partial charge in [0.15, 0.2) is 11.5 Å². The minimum Gasteiger partial charge on any atom is -0.485 e. The molecule has 0 unspecified atom stereocenters. The van der Waals surface area contributed by atoms with E-state index in [4.69, 9.17) is 18.9 Å². The van der Waals surface area contributed by atoms with Crippen LogP contribution in [0.4, 0.5) is 14.5 Å². The number of ether oxygens (including phenoxy) is 4. The molecule has 4 aromatic rings. The zero-order valence-corrected chi connectivity index (χ0v) is 25.8. The van der Waals surface area contributed by atoms with Gasteiger partial charge in [-0.15, -0.1) is 0 Å². The third-order valence-corrected chi connectivity index (χ3v) is 7.68. The van der Waals surface area contributed by atoms with Crippen LogP contribution in [0.3, 0.4) is 0 Å². The van der Waals surface area contributed by atoms with Crippen molar-refractivity contribution in [2.24, 2.45) is 4.99 Å². The van der Waals surface area contributed by atoms with Crippen molar-refractivity contribution >= 4 is 17.5 Å². The molecule has 0 saturated heterocycles. The molecule has 12 heteroatoms. The quantitative estimate of drug-likeness (QED) is 0.171. The Balaban J connectivity index is 1.38. The third kappa shape index (κ3) is 6.79. The van der Waals surface area contributed by atoms with E-state index < -0.39 is 40.6 Å². The lowest BCUT2D eigenvalue weighted by Gasteiger charge is -2.20. The Hall–Kier alpha value is -5.70. The highest BCUT2D eigenvalue weighted by Gasteiger charge is 2.52. The smallest absolute Gasteiger partial charge is 0.331 e. The summed E-state index contributed by atoms with van der Waals surface area (Å²) in [5.74, 6) is -3.17. The third-order valence-electron chi connectivity index (χ3n) is 7.68. The highest BCUT2D eigenvalue weighted by Crippen LogP contribution is 2.45. The summed E-state index contributed by atoms with van der Waals surface area (Å²) in [6, 6.07) is 22.6. The first kappa shape index (κ1) is 31.3. The van der Waals surface area contributed by atoms with Crippen molar-refractivity contribution in [2.45, 2.75) is 31.9 Å². The van der Waals surface area contributed by atoms with Crippen LogP contribution in [0.5, 0.6) is 29.0 Å². The number of amidine groups is 1. The number of halogens is 2. The van der Waals surface area contributed by atoms with E-state index in [0.717, 1.165) is 23.5 Å². The van der Waals surface area contributed by atoms with Gasteiger partial charge in [0.2, 0.25) is 11.6 Å². The molecule has 2 aliphatic rings. The normalized spacial score (nSPS) is 14.5. The maximum absolute atomic E-state index is 16.2. The second kappa shape index (κ2) is 13.3. The predicted octanol–water partition coefficient (Wildman–Crippen LogP) is 6.59. The van der Waals surface area contributed by atoms with Gasteiger partial charge in [-0.25, -0.2) is 4.79 Å². The van der Waals surface area contributed by atoms with Crippen LogP contribution >= 0.6 is 0 Å². The minimum atomic E-state index is -1.32. The molecule has 0 atom stereocenters. The minimum absolute atomic E-state index is 0.0364. The summed E-state index contributed by atoms with van der Waals surface area (Å²) in [4.78, 5) is 23.3. The van der Waals surface area contributed by atoms with Gasteiger partial charge in [-0.05, 0) is 49.6 Å². The number of likely N-dealkylation sites (N-methyl/N-ethyl adjacent to an activating group) is 1. The summed E-state index contributed by atoms with van der Waals surface area (Å²) in [5.41, 5.74) is -0.173. The molecule has 1 fully saturated rings. The Bertz CT molecular complexity index is 1870. The van der Waals surface area contributed by atoms with Gasteiger partial charge in [-0.3, -0.25) is 4.99 Å². The zero-order chi connectivity index (χ0) is 33.0. The number of rotatable bonds is 12. The number of carbonyl (C=O) groups is 1. The summed E-state index contributed by atoms with van der Waals surface area (Å²) >= 11 is 0. The van der Waals surface area contributed by atoms with Crippen molar-refractivity contribution in [3.63, 3.8) is 0 Å². The number of nitrogens with zero attached hydrogens (tertiary/aromatic N) is 4. The van der Waals surface area contributed by atoms with Gasteiger partial charge in [0.05, 0.1) is 24.8 Å². The molecule has 240 valence electrons. The molecule has 10 nitrogen and oxygen atoms in total. The SMILES string of the molecule is CCOC(=O)C1(Nc2c(F)c(Oc3cccc(C4=NCCN4C)c3)nc(Oc3cc(C#N)ccc3OCc3ccccc3)c2F)CC1. The summed E-state index contributed by atoms with van der Waals surface area (Å²) in [6.45, 7) is 3.31. The highest BCUT2D eigenvalue weighted by atomic mass is 19.1. The number of aromatic nitrogens is 1. The van der Waals surface area contributed by atoms with Gasteiger partial charge < -0.3 is 29.2 Å². The molecule has 0 spiro atoms. The topological polar surface area (TPSA) is 118 Å². The van der Waals surface area contributed by atoms with Crippen molar-refractivity contribution in [1.29, 1.82) is 5.26 Å². The lowest BCUT2D eigenvalue weighted by atomic mass is 10.2. The number of hydrogen-bond donors (Lipinski definition) is 1. The number of nitrogens with one attached hydrogen (secondary N) is 1. The van der Waals surface area contributed by atoms with Crippen LogP contribution in [0, 0.1) is 23.0 Å². The number of carbonyl (C=O) groups excluding carboxylic acids is 1. The van der Waals surface area contributed by atoms with E-state index >= 15 is 8.78 Å². The fourth-order valence-electron chi connectivity index (χ4n) is 5.03. The molecule has 2 heterocycles. The second-order valence-corrected chi connectivity index (χ2v) is 11.1. The first-order chi connectivity index (χ1) is 22.8. The van der Waals surface area contributed by atoms with Crippen LogP contribution < -0.4 is 19.5 Å². The first-order valence-corrected chi connectivity index (χ1v) is 15.1. The van der Waals surface area contributed by atoms with Crippen molar-refractivity contribution in [3.05, 3.63) is 101 Å². The molecule has 0 bridgehead atoms. The largest absolute Gasteiger partial charge is 0.485 e. The number of pyridine rings is 1. The zero-order valence-electron chi connectivity index (χ0n) is 25.8. The van der Waals surface area contributed by atoms with Crippen LogP contribution in [-0.2, 0) is 16.1 Å². The van der Waals surface area contributed by atoms with Crippen molar-refractivity contribution < 1.29 is 32.5 Å². The average molecular weight is 640 g/mol. The van der Waals surface area contributed by atoms with E-state index in [0.29, 0.717) is 19.4 Å². The molecule has 6 rings (SSSR count). The van der Waals surface area contributed by atoms with Gasteiger partial charge in [0.1, 0.15) is 29.4 Å². The molecular formula is C35H31F2N5O5. The average Bonchev–Trinajstić information content (AvgIpc) is 3.76. The Morgan fingerprint density at radius 3 is 2.45 bits per heavy atom. The molecule has 1 saturated carbocycles. The van der Waals surface area contributed by atoms with Gasteiger partial charge in [-0.2, -0.15) is 19.0 Å². The Labute approximate surface area is 270 Å². The number of anilines is 1. The van der Waals surface area contributed by atoms with Crippen LogP contribution in [0.1, 0.15) is 36.5 Å². The lowest BCUT2D eigenvalue weighted by molar-refractivity contribution is -0.145. The van der Waals surface area contributed by atoms with Crippen LogP contribution in [-0.4, -0.2) is 54.0 Å². The molecule has 1 aromatic heterocycles. The fraction of sp³-hybridized carbons (Fsp3) is 0.257. The van der Waals surface area contributed by atoms with E-state index in [1.807, 2.05) is 54.4 Å². The summed E-state index contributed by atoms with van der Waals surface area (Å²) in [6.07, 6.45) is 0.609. The van der Waals surface area contributed by atoms with E-state index in [9.17, 15) is 10.1 Å². The summed E-state index contributed by atoms with van der Waals surface area (Å²) in [7, 11) is 1.92. The van der Waals surface area contributed by atoms with Crippen molar-refractivity contribution in [2.75, 3.05) is 32.1 Å². The fourth-order valence-corrected chi connectivity index (χ4v) is 5.03. The lowest BCUT2D eigenvalue weighted by Crippen LogP contribution is -2.34. The van der Waals surface area contributed by atoms with Crippen molar-refractivity contribution in [1.82, 2.24) is 9.88 Å². The number of esters is 1. The van der Waals surface area contributed by atoms with E-state index in [2.05, 4.69) is 15.3 Å². The number of aliphatic imine (C=N–C) groups is 1. The van der Waals surface area contributed by atoms with Crippen LogP contribution in [0.15, 0.2) is 77.8 Å².